The second-order valence-electron chi connectivity index (χ2n) is 6.43. The molecule has 0 spiro atoms. The Morgan fingerprint density at radius 2 is 2.31 bits per heavy atom. The fourth-order valence-corrected chi connectivity index (χ4v) is 3.16. The van der Waals surface area contributed by atoms with Crippen LogP contribution in [-0.4, -0.2) is 62.3 Å². The van der Waals surface area contributed by atoms with E-state index in [4.69, 9.17) is 9.84 Å². The number of carboxylic acids is 1. The van der Waals surface area contributed by atoms with Crippen LogP contribution in [-0.2, 0) is 20.7 Å². The van der Waals surface area contributed by atoms with E-state index in [1.54, 1.807) is 19.2 Å². The molecule has 3 heterocycles. The Balaban J connectivity index is 1.79. The van der Waals surface area contributed by atoms with Crippen molar-refractivity contribution in [3.63, 3.8) is 0 Å². The van der Waals surface area contributed by atoms with Crippen molar-refractivity contribution in [3.05, 3.63) is 33.9 Å². The molecule has 2 N–H and O–H groups in total. The van der Waals surface area contributed by atoms with E-state index in [-0.39, 0.29) is 37.0 Å². The number of aromatic amines is 1. The van der Waals surface area contributed by atoms with Crippen molar-refractivity contribution in [1.29, 1.82) is 0 Å². The largest absolute Gasteiger partial charge is 0.481 e. The van der Waals surface area contributed by atoms with Gasteiger partial charge < -0.3 is 14.7 Å². The van der Waals surface area contributed by atoms with Crippen LogP contribution < -0.4 is 5.56 Å². The van der Waals surface area contributed by atoms with Crippen LogP contribution in [0.2, 0.25) is 0 Å². The zero-order valence-corrected chi connectivity index (χ0v) is 14.6. The lowest BCUT2D eigenvalue weighted by atomic mass is 10.1. The lowest BCUT2D eigenvalue weighted by Crippen LogP contribution is -2.40. The maximum atomic E-state index is 12.8. The van der Waals surface area contributed by atoms with Crippen LogP contribution in [0.3, 0.4) is 0 Å². The summed E-state index contributed by atoms with van der Waals surface area (Å²) >= 11 is 0. The molecule has 26 heavy (non-hydrogen) atoms. The summed E-state index contributed by atoms with van der Waals surface area (Å²) in [6.45, 7) is 2.77. The van der Waals surface area contributed by atoms with Gasteiger partial charge in [0.05, 0.1) is 18.9 Å². The highest BCUT2D eigenvalue weighted by Crippen LogP contribution is 2.15. The number of carbonyl (C=O) groups excluding carboxylic acids is 1. The van der Waals surface area contributed by atoms with Crippen molar-refractivity contribution < 1.29 is 19.4 Å². The number of carboxylic acid groups (broad SMARTS) is 1. The first-order valence-electron chi connectivity index (χ1n) is 8.62. The van der Waals surface area contributed by atoms with Gasteiger partial charge in [0.25, 0.3) is 5.56 Å². The van der Waals surface area contributed by atoms with Gasteiger partial charge in [0.1, 0.15) is 0 Å². The third-order valence-electron chi connectivity index (χ3n) is 4.57. The number of aromatic nitrogens is 3. The fourth-order valence-electron chi connectivity index (χ4n) is 3.16. The molecular weight excluding hydrogens is 340 g/mol. The molecule has 140 valence electrons. The molecule has 1 atom stereocenters. The van der Waals surface area contributed by atoms with E-state index in [1.807, 2.05) is 0 Å². The maximum Gasteiger partial charge on any atom is 0.305 e. The van der Waals surface area contributed by atoms with E-state index in [1.165, 1.54) is 9.42 Å². The Morgan fingerprint density at radius 1 is 1.50 bits per heavy atom. The van der Waals surface area contributed by atoms with E-state index in [2.05, 4.69) is 10.1 Å². The number of aliphatic carboxylic acids is 1. The number of H-pyrrole nitrogens is 1. The quantitative estimate of drug-likeness (QED) is 0.734. The predicted octanol–water partition coefficient (Wildman–Crippen LogP) is 0.356. The van der Waals surface area contributed by atoms with Crippen LogP contribution in [0.4, 0.5) is 0 Å². The first-order valence-corrected chi connectivity index (χ1v) is 8.62. The minimum atomic E-state index is -0.971. The SMILES string of the molecule is Cc1nc2cc[nH]n2c(=O)c1CC(=O)N(CCC(=O)O)CC1CCCO1. The minimum absolute atomic E-state index is 0.0843. The number of ether oxygens (including phenoxy) is 1. The second-order valence-corrected chi connectivity index (χ2v) is 6.43. The molecule has 9 nitrogen and oxygen atoms in total. The first-order chi connectivity index (χ1) is 12.5. The van der Waals surface area contributed by atoms with Gasteiger partial charge in [-0.3, -0.25) is 19.5 Å². The number of nitrogens with zero attached hydrogens (tertiary/aromatic N) is 3. The molecule has 3 rings (SSSR count). The molecule has 2 aromatic heterocycles. The van der Waals surface area contributed by atoms with Crippen molar-refractivity contribution in [2.24, 2.45) is 0 Å². The monoisotopic (exact) mass is 362 g/mol. The van der Waals surface area contributed by atoms with Crippen LogP contribution in [0.15, 0.2) is 17.1 Å². The molecule has 1 aliphatic rings. The molecule has 0 aliphatic carbocycles. The third-order valence-corrected chi connectivity index (χ3v) is 4.57. The Morgan fingerprint density at radius 3 is 3.00 bits per heavy atom. The number of amides is 1. The average molecular weight is 362 g/mol. The number of aryl methyl sites for hydroxylation is 1. The highest BCUT2D eigenvalue weighted by molar-refractivity contribution is 5.79. The van der Waals surface area contributed by atoms with Gasteiger partial charge in [0.2, 0.25) is 5.91 Å². The number of carbonyl (C=O) groups is 2. The highest BCUT2D eigenvalue weighted by atomic mass is 16.5. The molecule has 9 heteroatoms. The van der Waals surface area contributed by atoms with Crippen molar-refractivity contribution in [2.75, 3.05) is 19.7 Å². The Bertz CT molecular complexity index is 866. The van der Waals surface area contributed by atoms with Crippen molar-refractivity contribution in [3.8, 4) is 0 Å². The number of rotatable bonds is 7. The lowest BCUT2D eigenvalue weighted by molar-refractivity contribution is -0.139. The summed E-state index contributed by atoms with van der Waals surface area (Å²) in [5, 5.41) is 11.7. The summed E-state index contributed by atoms with van der Waals surface area (Å²) in [6, 6.07) is 1.68. The zero-order chi connectivity index (χ0) is 18.7. The standard InChI is InChI=1S/C17H22N4O5/c1-11-13(17(25)21-14(19-11)4-6-18-21)9-15(22)20(7-5-16(23)24)10-12-3-2-8-26-12/h4,6,12,18H,2-3,5,7-10H2,1H3,(H,23,24). The molecule has 0 saturated carbocycles. The summed E-state index contributed by atoms with van der Waals surface area (Å²) in [4.78, 5) is 42.1. The van der Waals surface area contributed by atoms with Crippen LogP contribution >= 0.6 is 0 Å². The van der Waals surface area contributed by atoms with Gasteiger partial charge in [-0.1, -0.05) is 0 Å². The molecule has 0 aromatic carbocycles. The molecular formula is C17H22N4O5. The van der Waals surface area contributed by atoms with Crippen molar-refractivity contribution >= 4 is 17.5 Å². The average Bonchev–Trinajstić information content (AvgIpc) is 3.26. The van der Waals surface area contributed by atoms with Crippen molar-refractivity contribution in [2.45, 2.75) is 38.7 Å². The van der Waals surface area contributed by atoms with E-state index >= 15 is 0 Å². The molecule has 0 bridgehead atoms. The van der Waals surface area contributed by atoms with Gasteiger partial charge >= 0.3 is 5.97 Å². The zero-order valence-electron chi connectivity index (χ0n) is 14.6. The van der Waals surface area contributed by atoms with Crippen LogP contribution in [0, 0.1) is 6.92 Å². The van der Waals surface area contributed by atoms with Crippen LogP contribution in [0.1, 0.15) is 30.5 Å². The Kier molecular flexibility index (Phi) is 5.36. The molecule has 1 aliphatic heterocycles. The minimum Gasteiger partial charge on any atom is -0.481 e. The van der Waals surface area contributed by atoms with Crippen LogP contribution in [0.5, 0.6) is 0 Å². The summed E-state index contributed by atoms with van der Waals surface area (Å²) in [5.41, 5.74) is 0.979. The molecule has 1 unspecified atom stereocenters. The second kappa shape index (κ2) is 7.69. The lowest BCUT2D eigenvalue weighted by Gasteiger charge is -2.25. The summed E-state index contributed by atoms with van der Waals surface area (Å²) in [5.74, 6) is -1.27. The first kappa shape index (κ1) is 18.1. The van der Waals surface area contributed by atoms with E-state index in [0.29, 0.717) is 30.1 Å². The fraction of sp³-hybridized carbons (Fsp3) is 0.529. The summed E-state index contributed by atoms with van der Waals surface area (Å²) in [6.07, 6.45) is 3.02. The maximum absolute atomic E-state index is 12.8. The summed E-state index contributed by atoms with van der Waals surface area (Å²) < 4.78 is 6.85. The van der Waals surface area contributed by atoms with E-state index < -0.39 is 5.97 Å². The highest BCUT2D eigenvalue weighted by Gasteiger charge is 2.24. The normalized spacial score (nSPS) is 16.9. The molecule has 2 aromatic rings. The van der Waals surface area contributed by atoms with Gasteiger partial charge in [-0.25, -0.2) is 9.50 Å². The van der Waals surface area contributed by atoms with E-state index in [9.17, 15) is 14.4 Å². The third kappa shape index (κ3) is 3.93. The van der Waals surface area contributed by atoms with Gasteiger partial charge in [-0.15, -0.1) is 0 Å². The number of hydrogen-bond donors (Lipinski definition) is 2. The van der Waals surface area contributed by atoms with Crippen LogP contribution in [0.25, 0.3) is 5.65 Å². The van der Waals surface area contributed by atoms with Crippen molar-refractivity contribution in [1.82, 2.24) is 19.5 Å². The number of hydrogen-bond acceptors (Lipinski definition) is 5. The molecule has 0 radical (unpaired) electrons. The Labute approximate surface area is 149 Å². The van der Waals surface area contributed by atoms with Gasteiger partial charge in [0, 0.05) is 43.2 Å². The molecule has 1 fully saturated rings. The predicted molar refractivity (Wildman–Crippen MR) is 92.1 cm³/mol. The number of nitrogens with one attached hydrogen (secondary N) is 1. The molecule has 1 amide bonds. The topological polar surface area (TPSA) is 117 Å². The van der Waals surface area contributed by atoms with E-state index in [0.717, 1.165) is 12.8 Å². The number of fused-ring (bicyclic) bond motifs is 1. The van der Waals surface area contributed by atoms with Gasteiger partial charge in [-0.2, -0.15) is 0 Å². The van der Waals surface area contributed by atoms with Gasteiger partial charge in [0.15, 0.2) is 5.65 Å². The Hall–Kier alpha value is -2.68. The van der Waals surface area contributed by atoms with Gasteiger partial charge in [-0.05, 0) is 19.8 Å². The molecule has 1 saturated heterocycles. The smallest absolute Gasteiger partial charge is 0.305 e. The summed E-state index contributed by atoms with van der Waals surface area (Å²) in [7, 11) is 0.